The van der Waals surface area contributed by atoms with E-state index in [1.165, 1.54) is 0 Å². The van der Waals surface area contributed by atoms with Gasteiger partial charge in [0.2, 0.25) is 0 Å². The van der Waals surface area contributed by atoms with Crippen molar-refractivity contribution in [2.45, 2.75) is 38.3 Å². The first-order chi connectivity index (χ1) is 6.83. The van der Waals surface area contributed by atoms with Crippen molar-refractivity contribution in [3.63, 3.8) is 0 Å². The third-order valence-corrected chi connectivity index (χ3v) is 8.90. The second-order valence-electron chi connectivity index (χ2n) is 4.89. The van der Waals surface area contributed by atoms with E-state index in [2.05, 4.69) is 26.2 Å². The molecule has 0 aromatic carbocycles. The van der Waals surface area contributed by atoms with E-state index in [9.17, 15) is 0 Å². The Morgan fingerprint density at radius 3 is 1.47 bits per heavy atom. The molecule has 5 heteroatoms. The van der Waals surface area contributed by atoms with Crippen LogP contribution in [0.5, 0.6) is 0 Å². The van der Waals surface area contributed by atoms with Gasteiger partial charge in [-0.3, -0.25) is 0 Å². The molecule has 15 heavy (non-hydrogen) atoms. The first-order valence-corrected chi connectivity index (χ1v) is 11.5. The molecule has 0 rings (SSSR count). The zero-order valence-corrected chi connectivity index (χ0v) is 12.3. The van der Waals surface area contributed by atoms with E-state index in [0.717, 1.165) is 12.1 Å². The van der Waals surface area contributed by atoms with E-state index >= 15 is 0 Å². The van der Waals surface area contributed by atoms with Gasteiger partial charge in [0.05, 0.1) is 0 Å². The zero-order valence-electron chi connectivity index (χ0n) is 10.3. The van der Waals surface area contributed by atoms with Crippen molar-refractivity contribution >= 4 is 16.6 Å². The van der Waals surface area contributed by atoms with Crippen molar-refractivity contribution in [2.24, 2.45) is 11.5 Å². The van der Waals surface area contributed by atoms with Crippen LogP contribution in [0.4, 0.5) is 0 Å². The summed E-state index contributed by atoms with van der Waals surface area (Å²) >= 11 is 0. The average Bonchev–Trinajstić information content (AvgIpc) is 2.10. The molecule has 0 aliphatic rings. The summed E-state index contributed by atoms with van der Waals surface area (Å²) in [7, 11) is -3.18. The van der Waals surface area contributed by atoms with Gasteiger partial charge in [-0.05, 0) is 50.7 Å². The summed E-state index contributed by atoms with van der Waals surface area (Å²) in [6.45, 7) is 8.92. The van der Waals surface area contributed by atoms with Gasteiger partial charge in [0.15, 0.2) is 16.6 Å². The van der Waals surface area contributed by atoms with Gasteiger partial charge in [0.25, 0.3) is 0 Å². The van der Waals surface area contributed by atoms with Crippen LogP contribution in [0.2, 0.25) is 38.3 Å². The second kappa shape index (κ2) is 6.14. The minimum Gasteiger partial charge on any atom is -0.455 e. The summed E-state index contributed by atoms with van der Waals surface area (Å²) in [5.41, 5.74) is 10.7. The fourth-order valence-electron chi connectivity index (χ4n) is 1.54. The van der Waals surface area contributed by atoms with Gasteiger partial charge in [-0.2, -0.15) is 0 Å². The Hall–Kier alpha value is -0.526. The van der Waals surface area contributed by atoms with Crippen molar-refractivity contribution in [1.29, 1.82) is 0 Å². The third kappa shape index (κ3) is 7.41. The predicted octanol–water partition coefficient (Wildman–Crippen LogP) is 2.36. The Labute approximate surface area is 95.4 Å². The lowest BCUT2D eigenvalue weighted by atomic mass is 10.7. The van der Waals surface area contributed by atoms with Gasteiger partial charge in [0.1, 0.15) is 0 Å². The molecule has 88 valence electrons. The van der Waals surface area contributed by atoms with E-state index < -0.39 is 16.6 Å². The van der Waals surface area contributed by atoms with Crippen LogP contribution < -0.4 is 11.5 Å². The van der Waals surface area contributed by atoms with E-state index in [0.29, 0.717) is 0 Å². The molecule has 0 amide bonds. The minimum absolute atomic E-state index is 0.978. The van der Waals surface area contributed by atoms with Gasteiger partial charge in [0, 0.05) is 0 Å². The second-order valence-corrected chi connectivity index (χ2v) is 13.6. The van der Waals surface area contributed by atoms with Crippen LogP contribution in [0.1, 0.15) is 0 Å². The van der Waals surface area contributed by atoms with Crippen LogP contribution in [0.25, 0.3) is 0 Å². The highest BCUT2D eigenvalue weighted by atomic mass is 28.4. The molecule has 4 N–H and O–H groups in total. The average molecular weight is 244 g/mol. The number of nitrogens with two attached hydrogens (primary N) is 2. The molecule has 0 unspecified atom stereocenters. The number of hydrogen-bond donors (Lipinski definition) is 2. The normalized spacial score (nSPS) is 14.1. The fourth-order valence-corrected chi connectivity index (χ4v) is 9.59. The van der Waals surface area contributed by atoms with Crippen molar-refractivity contribution in [3.05, 3.63) is 24.6 Å². The van der Waals surface area contributed by atoms with Crippen LogP contribution in [-0.2, 0) is 4.12 Å². The number of rotatable bonds is 6. The molecule has 0 spiro atoms. The van der Waals surface area contributed by atoms with Gasteiger partial charge in [-0.1, -0.05) is 12.2 Å². The summed E-state index contributed by atoms with van der Waals surface area (Å²) in [4.78, 5) is 0. The molecule has 0 atom stereocenters. The molecular formula is C10H24N2OSi2. The first kappa shape index (κ1) is 14.5. The molecule has 0 radical (unpaired) electrons. The highest BCUT2D eigenvalue weighted by molar-refractivity contribution is 6.85. The molecule has 0 aliphatic heterocycles. The summed E-state index contributed by atoms with van der Waals surface area (Å²) in [6.07, 6.45) is 7.20. The van der Waals surface area contributed by atoms with Crippen molar-refractivity contribution in [2.75, 3.05) is 0 Å². The highest BCUT2D eigenvalue weighted by Gasteiger charge is 2.31. The van der Waals surface area contributed by atoms with Gasteiger partial charge >= 0.3 is 0 Å². The summed E-state index contributed by atoms with van der Waals surface area (Å²) < 4.78 is 6.29. The van der Waals surface area contributed by atoms with Crippen LogP contribution >= 0.6 is 0 Å². The number of allylic oxidation sites excluding steroid dienone is 2. The van der Waals surface area contributed by atoms with Gasteiger partial charge in [-0.15, -0.1) is 0 Å². The maximum atomic E-state index is 6.29. The Morgan fingerprint density at radius 2 is 1.20 bits per heavy atom. The third-order valence-electron chi connectivity index (χ3n) is 2.04. The summed E-state index contributed by atoms with van der Waals surface area (Å²) in [5.74, 6) is 0. The standard InChI is InChI=1S/C10H24N2OSi2/c1-14(2,9-5-7-11)13-15(3,4)10-6-8-12/h5-8H,9-12H2,1-4H3. The van der Waals surface area contributed by atoms with Crippen molar-refractivity contribution in [3.8, 4) is 0 Å². The fraction of sp³-hybridized carbons (Fsp3) is 0.600. The van der Waals surface area contributed by atoms with Crippen molar-refractivity contribution < 1.29 is 4.12 Å². The smallest absolute Gasteiger partial charge is 0.177 e. The predicted molar refractivity (Wildman–Crippen MR) is 72.3 cm³/mol. The van der Waals surface area contributed by atoms with Gasteiger partial charge in [-0.25, -0.2) is 0 Å². The summed E-state index contributed by atoms with van der Waals surface area (Å²) in [5, 5.41) is 0. The maximum absolute atomic E-state index is 6.29. The molecule has 0 aliphatic carbocycles. The topological polar surface area (TPSA) is 61.3 Å². The molecule has 0 saturated carbocycles. The van der Waals surface area contributed by atoms with Crippen molar-refractivity contribution in [1.82, 2.24) is 0 Å². The Balaban J connectivity index is 4.28. The first-order valence-electron chi connectivity index (χ1n) is 5.27. The molecule has 0 fully saturated rings. The van der Waals surface area contributed by atoms with Gasteiger partial charge < -0.3 is 15.6 Å². The van der Waals surface area contributed by atoms with E-state index in [1.807, 2.05) is 12.2 Å². The lowest BCUT2D eigenvalue weighted by molar-refractivity contribution is 0.548. The lowest BCUT2D eigenvalue weighted by Crippen LogP contribution is -2.43. The summed E-state index contributed by atoms with van der Waals surface area (Å²) in [6, 6.07) is 1.96. The Bertz CT molecular complexity index is 214. The molecule has 3 nitrogen and oxygen atoms in total. The molecule has 0 aromatic heterocycles. The van der Waals surface area contributed by atoms with Crippen LogP contribution in [0, 0.1) is 0 Å². The monoisotopic (exact) mass is 244 g/mol. The van der Waals surface area contributed by atoms with E-state index in [1.54, 1.807) is 12.4 Å². The largest absolute Gasteiger partial charge is 0.455 e. The van der Waals surface area contributed by atoms with Crippen LogP contribution in [0.3, 0.4) is 0 Å². The molecule has 0 aromatic rings. The number of hydrogen-bond acceptors (Lipinski definition) is 3. The Morgan fingerprint density at radius 1 is 0.867 bits per heavy atom. The van der Waals surface area contributed by atoms with Crippen LogP contribution in [-0.4, -0.2) is 16.6 Å². The molecule has 0 saturated heterocycles. The zero-order chi connectivity index (χ0) is 11.9. The molecular weight excluding hydrogens is 220 g/mol. The quantitative estimate of drug-likeness (QED) is 0.705. The Kier molecular flexibility index (Phi) is 5.93. The molecule has 0 bridgehead atoms. The molecule has 0 heterocycles. The SMILES string of the molecule is C[Si](C)(CC=CN)O[Si](C)(C)CC=CN. The van der Waals surface area contributed by atoms with E-state index in [-0.39, 0.29) is 0 Å². The van der Waals surface area contributed by atoms with E-state index in [4.69, 9.17) is 15.6 Å². The maximum Gasteiger partial charge on any atom is 0.177 e. The highest BCUT2D eigenvalue weighted by Crippen LogP contribution is 2.21. The minimum atomic E-state index is -1.59. The van der Waals surface area contributed by atoms with Crippen LogP contribution in [0.15, 0.2) is 24.6 Å². The lowest BCUT2D eigenvalue weighted by Gasteiger charge is -2.32.